The van der Waals surface area contributed by atoms with E-state index in [1.54, 1.807) is 42.5 Å². The Kier molecular flexibility index (Phi) is 4.65. The summed E-state index contributed by atoms with van der Waals surface area (Å²) in [7, 11) is 1.31. The van der Waals surface area contributed by atoms with Crippen LogP contribution >= 0.6 is 0 Å². The Morgan fingerprint density at radius 2 is 1.96 bits per heavy atom. The van der Waals surface area contributed by atoms with E-state index < -0.39 is 5.97 Å². The van der Waals surface area contributed by atoms with E-state index in [-0.39, 0.29) is 24.8 Å². The number of anilines is 2. The van der Waals surface area contributed by atoms with Crippen molar-refractivity contribution in [3.63, 3.8) is 0 Å². The molecule has 7 nitrogen and oxygen atoms in total. The van der Waals surface area contributed by atoms with Crippen molar-refractivity contribution in [1.29, 1.82) is 0 Å². The van der Waals surface area contributed by atoms with Crippen LogP contribution < -0.4 is 15.4 Å². The highest BCUT2D eigenvalue weighted by molar-refractivity contribution is 5.96. The Morgan fingerprint density at radius 1 is 1.20 bits per heavy atom. The van der Waals surface area contributed by atoms with Crippen molar-refractivity contribution >= 4 is 29.2 Å². The highest BCUT2D eigenvalue weighted by Gasteiger charge is 2.16. The van der Waals surface area contributed by atoms with Gasteiger partial charge in [0.15, 0.2) is 6.61 Å². The van der Waals surface area contributed by atoms with Gasteiger partial charge in [0.25, 0.3) is 5.91 Å². The van der Waals surface area contributed by atoms with E-state index in [9.17, 15) is 14.4 Å². The molecule has 0 saturated carbocycles. The Bertz CT molecular complexity index is 830. The molecule has 0 aromatic heterocycles. The monoisotopic (exact) mass is 340 g/mol. The normalized spacial score (nSPS) is 12.4. The third kappa shape index (κ3) is 3.95. The number of hydrogen-bond acceptors (Lipinski definition) is 5. The number of fused-ring (bicyclic) bond motifs is 1. The van der Waals surface area contributed by atoms with E-state index in [1.165, 1.54) is 7.11 Å². The molecule has 0 spiro atoms. The average molecular weight is 340 g/mol. The van der Waals surface area contributed by atoms with Crippen molar-refractivity contribution in [3.05, 3.63) is 53.6 Å². The molecule has 0 unspecified atom stereocenters. The maximum Gasteiger partial charge on any atom is 0.337 e. The SMILES string of the molecule is COC(=O)c1ccc(NC(=O)Cc2ccc3c(c2)NC(=O)CO3)cc1. The van der Waals surface area contributed by atoms with Gasteiger partial charge in [0.1, 0.15) is 5.75 Å². The van der Waals surface area contributed by atoms with Crippen LogP contribution in [0, 0.1) is 0 Å². The summed E-state index contributed by atoms with van der Waals surface area (Å²) in [4.78, 5) is 34.9. The minimum Gasteiger partial charge on any atom is -0.482 e. The Morgan fingerprint density at radius 3 is 2.68 bits per heavy atom. The van der Waals surface area contributed by atoms with Crippen molar-refractivity contribution < 1.29 is 23.9 Å². The topological polar surface area (TPSA) is 93.7 Å². The first-order valence-electron chi connectivity index (χ1n) is 7.59. The number of benzene rings is 2. The van der Waals surface area contributed by atoms with Gasteiger partial charge in [-0.2, -0.15) is 0 Å². The first-order valence-corrected chi connectivity index (χ1v) is 7.59. The van der Waals surface area contributed by atoms with Gasteiger partial charge in [0.05, 0.1) is 24.8 Å². The summed E-state index contributed by atoms with van der Waals surface area (Å²) in [6.45, 7) is -0.00555. The van der Waals surface area contributed by atoms with Crippen LogP contribution in [0.2, 0.25) is 0 Å². The van der Waals surface area contributed by atoms with E-state index in [1.807, 2.05) is 0 Å². The van der Waals surface area contributed by atoms with Crippen molar-refractivity contribution in [2.24, 2.45) is 0 Å². The lowest BCUT2D eigenvalue weighted by atomic mass is 10.1. The fourth-order valence-corrected chi connectivity index (χ4v) is 2.44. The highest BCUT2D eigenvalue weighted by atomic mass is 16.5. The van der Waals surface area contributed by atoms with Crippen LogP contribution in [0.1, 0.15) is 15.9 Å². The number of carbonyl (C=O) groups is 3. The lowest BCUT2D eigenvalue weighted by molar-refractivity contribution is -0.118. The summed E-state index contributed by atoms with van der Waals surface area (Å²) in [6.07, 6.45) is 0.141. The van der Waals surface area contributed by atoms with Crippen LogP contribution in [0.5, 0.6) is 5.75 Å². The van der Waals surface area contributed by atoms with E-state index in [0.717, 1.165) is 5.56 Å². The van der Waals surface area contributed by atoms with Crippen LogP contribution in [0.15, 0.2) is 42.5 Å². The summed E-state index contributed by atoms with van der Waals surface area (Å²) in [5, 5.41) is 5.46. The second kappa shape index (κ2) is 7.04. The number of esters is 1. The quantitative estimate of drug-likeness (QED) is 0.830. The molecule has 0 radical (unpaired) electrons. The highest BCUT2D eigenvalue weighted by Crippen LogP contribution is 2.28. The molecule has 2 amide bonds. The third-order valence-corrected chi connectivity index (χ3v) is 3.63. The number of nitrogens with one attached hydrogen (secondary N) is 2. The molecule has 25 heavy (non-hydrogen) atoms. The molecule has 1 aliphatic heterocycles. The number of hydrogen-bond donors (Lipinski definition) is 2. The summed E-state index contributed by atoms with van der Waals surface area (Å²) in [5.74, 6) is -0.285. The average Bonchev–Trinajstić information content (AvgIpc) is 2.61. The minimum absolute atomic E-state index is 0.00555. The molecular formula is C18H16N2O5. The lowest BCUT2D eigenvalue weighted by Gasteiger charge is -2.18. The van der Waals surface area contributed by atoms with Crippen LogP contribution in [0.25, 0.3) is 0 Å². The smallest absolute Gasteiger partial charge is 0.337 e. The zero-order valence-electron chi connectivity index (χ0n) is 13.5. The summed E-state index contributed by atoms with van der Waals surface area (Å²) in [6, 6.07) is 11.6. The van der Waals surface area contributed by atoms with Gasteiger partial charge in [-0.1, -0.05) is 6.07 Å². The minimum atomic E-state index is -0.434. The van der Waals surface area contributed by atoms with Crippen molar-refractivity contribution in [2.75, 3.05) is 24.4 Å². The molecule has 0 bridgehead atoms. The summed E-state index contributed by atoms with van der Waals surface area (Å²) >= 11 is 0. The zero-order chi connectivity index (χ0) is 17.8. The van der Waals surface area contributed by atoms with Gasteiger partial charge in [0, 0.05) is 5.69 Å². The number of methoxy groups -OCH3 is 1. The first kappa shape index (κ1) is 16.5. The molecule has 2 N–H and O–H groups in total. The molecule has 3 rings (SSSR count). The number of ether oxygens (including phenoxy) is 2. The molecule has 0 saturated heterocycles. The van der Waals surface area contributed by atoms with Crippen LogP contribution in [-0.4, -0.2) is 31.5 Å². The number of carbonyl (C=O) groups excluding carboxylic acids is 3. The fraction of sp³-hybridized carbons (Fsp3) is 0.167. The molecule has 0 fully saturated rings. The molecule has 0 aliphatic carbocycles. The molecule has 0 atom stereocenters. The van der Waals surface area contributed by atoms with Gasteiger partial charge in [-0.3, -0.25) is 9.59 Å². The summed E-state index contributed by atoms with van der Waals surface area (Å²) < 4.78 is 9.90. The second-order valence-corrected chi connectivity index (χ2v) is 5.46. The third-order valence-electron chi connectivity index (χ3n) is 3.63. The molecule has 1 heterocycles. The van der Waals surface area contributed by atoms with Crippen molar-refractivity contribution in [2.45, 2.75) is 6.42 Å². The predicted octanol–water partition coefficient (Wildman–Crippen LogP) is 1.99. The van der Waals surface area contributed by atoms with Crippen LogP contribution in [-0.2, 0) is 20.7 Å². The zero-order valence-corrected chi connectivity index (χ0v) is 13.5. The molecule has 1 aliphatic rings. The van der Waals surface area contributed by atoms with Crippen molar-refractivity contribution in [1.82, 2.24) is 0 Å². The predicted molar refractivity (Wildman–Crippen MR) is 90.7 cm³/mol. The Labute approximate surface area is 143 Å². The molecule has 2 aromatic rings. The molecule has 2 aromatic carbocycles. The van der Waals surface area contributed by atoms with Gasteiger partial charge in [-0.25, -0.2) is 4.79 Å². The Hall–Kier alpha value is -3.35. The second-order valence-electron chi connectivity index (χ2n) is 5.46. The maximum atomic E-state index is 12.2. The Balaban J connectivity index is 1.64. The fourth-order valence-electron chi connectivity index (χ4n) is 2.44. The van der Waals surface area contributed by atoms with Crippen LogP contribution in [0.3, 0.4) is 0 Å². The molecule has 128 valence electrons. The first-order chi connectivity index (χ1) is 12.0. The standard InChI is InChI=1S/C18H16N2O5/c1-24-18(23)12-3-5-13(6-4-12)19-16(21)9-11-2-7-15-14(8-11)20-17(22)10-25-15/h2-8H,9-10H2,1H3,(H,19,21)(H,20,22). The largest absolute Gasteiger partial charge is 0.482 e. The van der Waals surface area contributed by atoms with Crippen LogP contribution in [0.4, 0.5) is 11.4 Å². The van der Waals surface area contributed by atoms with Gasteiger partial charge in [-0.05, 0) is 42.0 Å². The molecule has 7 heteroatoms. The van der Waals surface area contributed by atoms with E-state index in [0.29, 0.717) is 22.7 Å². The maximum absolute atomic E-state index is 12.2. The molecular weight excluding hydrogens is 324 g/mol. The summed E-state index contributed by atoms with van der Waals surface area (Å²) in [5.41, 5.74) is 2.29. The number of rotatable bonds is 4. The van der Waals surface area contributed by atoms with Gasteiger partial charge >= 0.3 is 5.97 Å². The van der Waals surface area contributed by atoms with Gasteiger partial charge < -0.3 is 20.1 Å². The van der Waals surface area contributed by atoms with E-state index in [4.69, 9.17) is 4.74 Å². The number of amides is 2. The van der Waals surface area contributed by atoms with Crippen molar-refractivity contribution in [3.8, 4) is 5.75 Å². The van der Waals surface area contributed by atoms with E-state index >= 15 is 0 Å². The van der Waals surface area contributed by atoms with Gasteiger partial charge in [-0.15, -0.1) is 0 Å². The van der Waals surface area contributed by atoms with E-state index in [2.05, 4.69) is 15.4 Å². The van der Waals surface area contributed by atoms with Gasteiger partial charge in [0.2, 0.25) is 5.91 Å². The lowest BCUT2D eigenvalue weighted by Crippen LogP contribution is -2.25.